The fourth-order valence-corrected chi connectivity index (χ4v) is 5.25. The van der Waals surface area contributed by atoms with Crippen molar-refractivity contribution in [3.05, 3.63) is 50.1 Å². The molecule has 2 aromatic heterocycles. The van der Waals surface area contributed by atoms with Crippen molar-refractivity contribution in [3.63, 3.8) is 0 Å². The van der Waals surface area contributed by atoms with Crippen molar-refractivity contribution >= 4 is 39.1 Å². The summed E-state index contributed by atoms with van der Waals surface area (Å²) in [6.45, 7) is 5.00. The van der Waals surface area contributed by atoms with E-state index in [1.54, 1.807) is 28.0 Å². The van der Waals surface area contributed by atoms with Crippen LogP contribution in [0.15, 0.2) is 29.1 Å². The van der Waals surface area contributed by atoms with Crippen molar-refractivity contribution < 1.29 is 10.0 Å². The van der Waals surface area contributed by atoms with E-state index in [2.05, 4.69) is 7.05 Å². The Bertz CT molecular complexity index is 1060. The van der Waals surface area contributed by atoms with Crippen LogP contribution in [0.4, 0.5) is 5.95 Å². The van der Waals surface area contributed by atoms with Gasteiger partial charge in [-0.2, -0.15) is 0 Å². The van der Waals surface area contributed by atoms with E-state index in [0.29, 0.717) is 24.1 Å². The molecule has 4 rings (SSSR count). The monoisotopic (exact) mass is 419 g/mol. The fourth-order valence-electron chi connectivity index (χ4n) is 3.80. The van der Waals surface area contributed by atoms with Crippen LogP contribution in [0.2, 0.25) is 5.02 Å². The molecular formula is C20H24ClN4O2S+. The summed E-state index contributed by atoms with van der Waals surface area (Å²) in [6, 6.07) is 7.23. The average Bonchev–Trinajstić information content (AvgIpc) is 3.04. The van der Waals surface area contributed by atoms with Crippen LogP contribution >= 0.6 is 22.9 Å². The third-order valence-electron chi connectivity index (χ3n) is 5.27. The molecule has 1 aliphatic heterocycles. The van der Waals surface area contributed by atoms with Crippen molar-refractivity contribution in [1.82, 2.24) is 9.55 Å². The number of likely N-dealkylation sites (N-methyl/N-ethyl adjacent to an activating group) is 2. The standard InChI is InChI=1S/C20H23ClN4O2S/c1-3-24(10-11-26)20-22-18-17(15-8-9-23(2)12-16(15)28-18)19(27)25(20)14-6-4-13(21)5-7-14/h4-7,26H,3,8-12H2,1-2H3/p+1. The van der Waals surface area contributed by atoms with Crippen LogP contribution in [-0.4, -0.2) is 47.9 Å². The first kappa shape index (κ1) is 19.4. The van der Waals surface area contributed by atoms with Crippen molar-refractivity contribution in [2.24, 2.45) is 0 Å². The summed E-state index contributed by atoms with van der Waals surface area (Å²) in [6.07, 6.45) is 0.895. The highest BCUT2D eigenvalue weighted by atomic mass is 35.5. The predicted molar refractivity (Wildman–Crippen MR) is 114 cm³/mol. The number of aliphatic hydroxyl groups is 1. The smallest absolute Gasteiger partial charge is 0.268 e. The van der Waals surface area contributed by atoms with Crippen LogP contribution in [0.25, 0.3) is 15.9 Å². The first-order valence-electron chi connectivity index (χ1n) is 9.53. The highest BCUT2D eigenvalue weighted by molar-refractivity contribution is 7.18. The Morgan fingerprint density at radius 3 is 2.79 bits per heavy atom. The number of aromatic nitrogens is 2. The molecule has 3 heterocycles. The topological polar surface area (TPSA) is 62.8 Å². The van der Waals surface area contributed by atoms with Gasteiger partial charge in [0.05, 0.1) is 36.2 Å². The molecule has 0 saturated carbocycles. The van der Waals surface area contributed by atoms with Crippen LogP contribution in [0.3, 0.4) is 0 Å². The number of fused-ring (bicyclic) bond motifs is 3. The Morgan fingerprint density at radius 2 is 2.11 bits per heavy atom. The molecule has 0 saturated heterocycles. The zero-order valence-corrected chi connectivity index (χ0v) is 17.6. The van der Waals surface area contributed by atoms with E-state index >= 15 is 0 Å². The van der Waals surface area contributed by atoms with Crippen LogP contribution in [-0.2, 0) is 13.0 Å². The Balaban J connectivity index is 2.01. The van der Waals surface area contributed by atoms with Gasteiger partial charge in [-0.25, -0.2) is 9.55 Å². The summed E-state index contributed by atoms with van der Waals surface area (Å²) >= 11 is 7.69. The summed E-state index contributed by atoms with van der Waals surface area (Å²) in [5.41, 5.74) is 1.84. The number of quaternary nitrogens is 1. The summed E-state index contributed by atoms with van der Waals surface area (Å²) < 4.78 is 1.66. The van der Waals surface area contributed by atoms with E-state index < -0.39 is 0 Å². The highest BCUT2D eigenvalue weighted by Gasteiger charge is 2.27. The van der Waals surface area contributed by atoms with Gasteiger partial charge in [0.15, 0.2) is 0 Å². The lowest BCUT2D eigenvalue weighted by Gasteiger charge is -2.24. The Labute approximate surface area is 172 Å². The molecular weight excluding hydrogens is 396 g/mol. The van der Waals surface area contributed by atoms with E-state index in [1.165, 1.54) is 9.78 Å². The Morgan fingerprint density at radius 1 is 1.36 bits per heavy atom. The molecule has 8 heteroatoms. The average molecular weight is 420 g/mol. The van der Waals surface area contributed by atoms with Crippen molar-refractivity contribution in [2.75, 3.05) is 38.2 Å². The van der Waals surface area contributed by atoms with Gasteiger partial charge < -0.3 is 14.9 Å². The summed E-state index contributed by atoms with van der Waals surface area (Å²) in [4.78, 5) is 24.0. The van der Waals surface area contributed by atoms with Crippen LogP contribution in [0.1, 0.15) is 17.4 Å². The minimum Gasteiger partial charge on any atom is -0.395 e. The second-order valence-electron chi connectivity index (χ2n) is 7.15. The van der Waals surface area contributed by atoms with Gasteiger partial charge >= 0.3 is 0 Å². The second kappa shape index (κ2) is 7.83. The lowest BCUT2D eigenvalue weighted by atomic mass is 10.1. The van der Waals surface area contributed by atoms with Gasteiger partial charge in [-0.05, 0) is 36.8 Å². The highest BCUT2D eigenvalue weighted by Crippen LogP contribution is 2.31. The Hall–Kier alpha value is -1.93. The van der Waals surface area contributed by atoms with Gasteiger partial charge in [0, 0.05) is 24.5 Å². The van der Waals surface area contributed by atoms with Crippen LogP contribution < -0.4 is 15.4 Å². The third-order valence-corrected chi connectivity index (χ3v) is 6.65. The van der Waals surface area contributed by atoms with E-state index in [4.69, 9.17) is 16.6 Å². The molecule has 1 unspecified atom stereocenters. The van der Waals surface area contributed by atoms with Crippen molar-refractivity contribution in [3.8, 4) is 5.69 Å². The number of benzene rings is 1. The Kier molecular flexibility index (Phi) is 5.42. The molecule has 2 N–H and O–H groups in total. The van der Waals surface area contributed by atoms with E-state index in [9.17, 15) is 9.90 Å². The number of rotatable bonds is 5. The number of aliphatic hydroxyl groups excluding tert-OH is 1. The fraction of sp³-hybridized carbons (Fsp3) is 0.400. The third kappa shape index (κ3) is 3.33. The molecule has 1 aliphatic rings. The van der Waals surface area contributed by atoms with Crippen molar-refractivity contribution in [2.45, 2.75) is 19.9 Å². The molecule has 0 spiro atoms. The number of nitrogens with zero attached hydrogens (tertiary/aromatic N) is 3. The maximum absolute atomic E-state index is 13.7. The number of hydrogen-bond acceptors (Lipinski definition) is 5. The maximum Gasteiger partial charge on any atom is 0.268 e. The number of nitrogens with one attached hydrogen (secondary N) is 1. The minimum absolute atomic E-state index is 0.00252. The second-order valence-corrected chi connectivity index (χ2v) is 8.67. The zero-order chi connectivity index (χ0) is 19.8. The number of anilines is 1. The van der Waals surface area contributed by atoms with Crippen molar-refractivity contribution in [1.29, 1.82) is 0 Å². The van der Waals surface area contributed by atoms with Gasteiger partial charge in [-0.1, -0.05) is 11.6 Å². The first-order valence-corrected chi connectivity index (χ1v) is 10.7. The van der Waals surface area contributed by atoms with Gasteiger partial charge in [0.1, 0.15) is 11.4 Å². The molecule has 6 nitrogen and oxygen atoms in total. The molecule has 0 amide bonds. The van der Waals surface area contributed by atoms with Crippen LogP contribution in [0.5, 0.6) is 0 Å². The quantitative estimate of drug-likeness (QED) is 0.657. The largest absolute Gasteiger partial charge is 0.395 e. The maximum atomic E-state index is 13.7. The SMILES string of the molecule is CCN(CCO)c1nc2sc3c(c2c(=O)n1-c1ccc(Cl)cc1)CC[NH+](C)C3. The lowest BCUT2D eigenvalue weighted by Crippen LogP contribution is -3.08. The molecule has 3 aromatic rings. The number of thiophene rings is 1. The van der Waals surface area contributed by atoms with Gasteiger partial charge in [0.2, 0.25) is 5.95 Å². The molecule has 1 aromatic carbocycles. The first-order chi connectivity index (χ1) is 13.5. The van der Waals surface area contributed by atoms with Crippen LogP contribution in [0, 0.1) is 0 Å². The van der Waals surface area contributed by atoms with Gasteiger partial charge in [0.25, 0.3) is 5.56 Å². The van der Waals surface area contributed by atoms with E-state index in [0.717, 1.165) is 41.0 Å². The predicted octanol–water partition coefficient (Wildman–Crippen LogP) is 1.49. The normalized spacial score (nSPS) is 16.4. The molecule has 0 fully saturated rings. The summed E-state index contributed by atoms with van der Waals surface area (Å²) in [7, 11) is 2.18. The zero-order valence-electron chi connectivity index (χ0n) is 16.0. The molecule has 0 aliphatic carbocycles. The molecule has 0 radical (unpaired) electrons. The number of halogens is 1. The van der Waals surface area contributed by atoms with E-state index in [-0.39, 0.29) is 12.2 Å². The molecule has 1 atom stereocenters. The minimum atomic E-state index is -0.0456. The number of hydrogen-bond donors (Lipinski definition) is 2. The molecule has 148 valence electrons. The molecule has 0 bridgehead atoms. The summed E-state index contributed by atoms with van der Waals surface area (Å²) in [5.74, 6) is 0.565. The van der Waals surface area contributed by atoms with Gasteiger partial charge in [-0.15, -0.1) is 11.3 Å². The summed E-state index contributed by atoms with van der Waals surface area (Å²) in [5, 5.41) is 10.9. The molecule has 28 heavy (non-hydrogen) atoms. The van der Waals surface area contributed by atoms with Gasteiger partial charge in [-0.3, -0.25) is 4.79 Å². The van der Waals surface area contributed by atoms with E-state index in [1.807, 2.05) is 24.0 Å². The lowest BCUT2D eigenvalue weighted by molar-refractivity contribution is -0.895.